The highest BCUT2D eigenvalue weighted by Gasteiger charge is 2.69. The highest BCUT2D eigenvalue weighted by atomic mass is 35.5. The van der Waals surface area contributed by atoms with Crippen molar-refractivity contribution < 1.29 is 14.3 Å². The maximum Gasteiger partial charge on any atom is 0.211 e. The van der Waals surface area contributed by atoms with Crippen LogP contribution in [0.5, 0.6) is 0 Å². The van der Waals surface area contributed by atoms with Crippen LogP contribution in [0.3, 0.4) is 0 Å². The predicted octanol–water partition coefficient (Wildman–Crippen LogP) is 4.13. The average molecular weight is 325 g/mol. The number of ketones is 2. The molecule has 1 saturated heterocycles. The van der Waals surface area contributed by atoms with Crippen LogP contribution in [0.25, 0.3) is 0 Å². The summed E-state index contributed by atoms with van der Waals surface area (Å²) >= 11 is 7.39. The molecule has 1 heterocycles. The van der Waals surface area contributed by atoms with Gasteiger partial charge in [0.05, 0.1) is 0 Å². The molecule has 1 aliphatic heterocycles. The van der Waals surface area contributed by atoms with Crippen LogP contribution < -0.4 is 0 Å². The zero-order chi connectivity index (χ0) is 15.0. The molecule has 2 atom stereocenters. The quantitative estimate of drug-likeness (QED) is 0.583. The Labute approximate surface area is 133 Å². The Morgan fingerprint density at radius 2 is 2.05 bits per heavy atom. The smallest absolute Gasteiger partial charge is 0.211 e. The number of hydrogen-bond acceptors (Lipinski definition) is 4. The van der Waals surface area contributed by atoms with Crippen molar-refractivity contribution in [1.82, 2.24) is 0 Å². The second-order valence-corrected chi connectivity index (χ2v) is 7.20. The summed E-state index contributed by atoms with van der Waals surface area (Å²) in [6, 6.07) is 4.84. The zero-order valence-corrected chi connectivity index (χ0v) is 13.4. The molecule has 3 rings (SSSR count). The molecular formula is C16H17ClO3S. The first kappa shape index (κ1) is 15.1. The van der Waals surface area contributed by atoms with E-state index in [1.165, 1.54) is 24.6 Å². The second kappa shape index (κ2) is 5.75. The number of halogens is 1. The van der Waals surface area contributed by atoms with Crippen molar-refractivity contribution >= 4 is 34.9 Å². The molecule has 1 aliphatic carbocycles. The topological polar surface area (TPSA) is 46.7 Å². The van der Waals surface area contributed by atoms with E-state index in [-0.39, 0.29) is 11.6 Å². The molecule has 1 aromatic rings. The Morgan fingerprint density at radius 1 is 1.24 bits per heavy atom. The number of benzene rings is 1. The van der Waals surface area contributed by atoms with E-state index in [4.69, 9.17) is 16.3 Å². The molecular weight excluding hydrogens is 308 g/mol. The van der Waals surface area contributed by atoms with E-state index in [9.17, 15) is 9.59 Å². The molecule has 0 bridgehead atoms. The van der Waals surface area contributed by atoms with Gasteiger partial charge in [0.1, 0.15) is 0 Å². The molecule has 21 heavy (non-hydrogen) atoms. The minimum absolute atomic E-state index is 0.0840. The van der Waals surface area contributed by atoms with E-state index in [2.05, 4.69) is 6.92 Å². The lowest BCUT2D eigenvalue weighted by Crippen LogP contribution is -2.34. The van der Waals surface area contributed by atoms with Crippen LogP contribution in [0, 0.1) is 0 Å². The SMILES string of the molecule is CCCCCCSC12OC1C(=O)c1cc(Cl)ccc1C2=O. The van der Waals surface area contributed by atoms with Crippen molar-refractivity contribution in [2.24, 2.45) is 0 Å². The van der Waals surface area contributed by atoms with E-state index in [0.717, 1.165) is 18.6 Å². The van der Waals surface area contributed by atoms with Gasteiger partial charge < -0.3 is 4.74 Å². The molecule has 1 aromatic carbocycles. The van der Waals surface area contributed by atoms with E-state index >= 15 is 0 Å². The fraction of sp³-hybridized carbons (Fsp3) is 0.500. The van der Waals surface area contributed by atoms with Crippen LogP contribution in [0.15, 0.2) is 18.2 Å². The predicted molar refractivity (Wildman–Crippen MR) is 84.3 cm³/mol. The fourth-order valence-electron chi connectivity index (χ4n) is 2.71. The maximum atomic E-state index is 12.6. The first-order valence-electron chi connectivity index (χ1n) is 7.30. The van der Waals surface area contributed by atoms with Gasteiger partial charge in [0, 0.05) is 16.1 Å². The molecule has 0 amide bonds. The molecule has 2 aliphatic rings. The Kier molecular flexibility index (Phi) is 4.12. The minimum atomic E-state index is -0.954. The molecule has 3 nitrogen and oxygen atoms in total. The number of epoxide rings is 1. The molecule has 0 N–H and O–H groups in total. The highest BCUT2D eigenvalue weighted by molar-refractivity contribution is 8.01. The van der Waals surface area contributed by atoms with Crippen molar-refractivity contribution in [2.45, 2.75) is 43.6 Å². The van der Waals surface area contributed by atoms with Crippen molar-refractivity contribution in [2.75, 3.05) is 5.75 Å². The molecule has 1 fully saturated rings. The molecule has 2 unspecified atom stereocenters. The van der Waals surface area contributed by atoms with Gasteiger partial charge in [-0.2, -0.15) is 0 Å². The number of fused-ring (bicyclic) bond motifs is 2. The third-order valence-electron chi connectivity index (χ3n) is 3.94. The van der Waals surface area contributed by atoms with Crippen LogP contribution in [-0.4, -0.2) is 28.4 Å². The number of Topliss-reactive ketones (excluding diaryl/α,β-unsaturated/α-hetero) is 2. The van der Waals surface area contributed by atoms with Gasteiger partial charge in [0.2, 0.25) is 10.7 Å². The first-order valence-corrected chi connectivity index (χ1v) is 8.67. The van der Waals surface area contributed by atoms with Crippen LogP contribution in [0.2, 0.25) is 5.02 Å². The summed E-state index contributed by atoms with van der Waals surface area (Å²) in [6.45, 7) is 2.16. The maximum absolute atomic E-state index is 12.6. The minimum Gasteiger partial charge on any atom is -0.337 e. The Bertz CT molecular complexity index is 601. The molecule has 0 saturated carbocycles. The van der Waals surface area contributed by atoms with Gasteiger partial charge in [0.25, 0.3) is 0 Å². The van der Waals surface area contributed by atoms with E-state index in [1.807, 2.05) is 0 Å². The van der Waals surface area contributed by atoms with Crippen molar-refractivity contribution in [1.29, 1.82) is 0 Å². The molecule has 5 heteroatoms. The normalized spacial score (nSPS) is 26.5. The van der Waals surface area contributed by atoms with Crippen molar-refractivity contribution in [3.8, 4) is 0 Å². The summed E-state index contributed by atoms with van der Waals surface area (Å²) in [6.07, 6.45) is 3.96. The monoisotopic (exact) mass is 324 g/mol. The Balaban J connectivity index is 1.74. The first-order chi connectivity index (χ1) is 10.1. The lowest BCUT2D eigenvalue weighted by molar-refractivity contribution is 0.0911. The van der Waals surface area contributed by atoms with Gasteiger partial charge in [-0.05, 0) is 30.4 Å². The third kappa shape index (κ3) is 2.54. The Hall–Kier alpha value is -0.840. The molecule has 0 radical (unpaired) electrons. The summed E-state index contributed by atoms with van der Waals surface area (Å²) < 4.78 is 5.54. The number of carbonyl (C=O) groups is 2. The summed E-state index contributed by atoms with van der Waals surface area (Å²) in [4.78, 5) is 24.0. The van der Waals surface area contributed by atoms with Gasteiger partial charge in [-0.3, -0.25) is 9.59 Å². The van der Waals surface area contributed by atoms with Gasteiger partial charge >= 0.3 is 0 Å². The lowest BCUT2D eigenvalue weighted by Gasteiger charge is -2.18. The summed E-state index contributed by atoms with van der Waals surface area (Å²) in [5, 5.41) is 0.468. The molecule has 0 aromatic heterocycles. The van der Waals surface area contributed by atoms with Crippen LogP contribution in [-0.2, 0) is 4.74 Å². The van der Waals surface area contributed by atoms with Crippen LogP contribution in [0.1, 0.15) is 53.3 Å². The molecule has 112 valence electrons. The number of hydrogen-bond donors (Lipinski definition) is 0. The Morgan fingerprint density at radius 3 is 2.81 bits per heavy atom. The van der Waals surface area contributed by atoms with Crippen LogP contribution in [0.4, 0.5) is 0 Å². The van der Waals surface area contributed by atoms with Crippen molar-refractivity contribution in [3.63, 3.8) is 0 Å². The summed E-state index contributed by atoms with van der Waals surface area (Å²) in [5.41, 5.74) is 0.844. The fourth-order valence-corrected chi connectivity index (χ4v) is 4.20. The average Bonchev–Trinajstić information content (AvgIpc) is 3.21. The zero-order valence-electron chi connectivity index (χ0n) is 11.9. The van der Waals surface area contributed by atoms with Gasteiger partial charge in [-0.1, -0.05) is 37.8 Å². The van der Waals surface area contributed by atoms with E-state index in [1.54, 1.807) is 18.2 Å². The van der Waals surface area contributed by atoms with E-state index < -0.39 is 11.0 Å². The third-order valence-corrected chi connectivity index (χ3v) is 5.59. The van der Waals surface area contributed by atoms with Gasteiger partial charge in [0.15, 0.2) is 11.9 Å². The van der Waals surface area contributed by atoms with Gasteiger partial charge in [-0.15, -0.1) is 11.8 Å². The number of unbranched alkanes of at least 4 members (excludes halogenated alkanes) is 3. The number of rotatable bonds is 6. The van der Waals surface area contributed by atoms with Crippen molar-refractivity contribution in [3.05, 3.63) is 34.3 Å². The number of thioether (sulfide) groups is 1. The van der Waals surface area contributed by atoms with Crippen LogP contribution >= 0.6 is 23.4 Å². The largest absolute Gasteiger partial charge is 0.337 e. The van der Waals surface area contributed by atoms with Gasteiger partial charge in [-0.25, -0.2) is 0 Å². The second-order valence-electron chi connectivity index (χ2n) is 5.46. The molecule has 0 spiro atoms. The van der Waals surface area contributed by atoms with E-state index in [0.29, 0.717) is 16.1 Å². The highest BCUT2D eigenvalue weighted by Crippen LogP contribution is 2.53. The number of carbonyl (C=O) groups excluding carboxylic acids is 2. The summed E-state index contributed by atoms with van der Waals surface area (Å²) in [5.74, 6) is 0.644. The lowest BCUT2D eigenvalue weighted by atomic mass is 9.89. The summed E-state index contributed by atoms with van der Waals surface area (Å²) in [7, 11) is 0. The number of ether oxygens (including phenoxy) is 1. The standard InChI is InChI=1S/C16H17ClO3S/c1-2-3-4-5-8-21-16-14(19)11-7-6-10(17)9-12(11)13(18)15(16)20-16/h6-7,9,15H,2-5,8H2,1H3.